The van der Waals surface area contributed by atoms with Gasteiger partial charge in [-0.15, -0.1) is 0 Å². The van der Waals surface area contributed by atoms with Crippen LogP contribution in [-0.4, -0.2) is 23.8 Å². The van der Waals surface area contributed by atoms with Gasteiger partial charge in [0.2, 0.25) is 5.96 Å². The lowest BCUT2D eigenvalue weighted by Gasteiger charge is -2.00. The molecule has 2 rings (SSSR count). The lowest BCUT2D eigenvalue weighted by Crippen LogP contribution is -2.26. The van der Waals surface area contributed by atoms with Crippen molar-refractivity contribution in [1.82, 2.24) is 5.43 Å². The molecule has 0 unspecified atom stereocenters. The van der Waals surface area contributed by atoms with Crippen LogP contribution in [0.5, 0.6) is 0 Å². The normalized spacial score (nSPS) is 11.8. The Labute approximate surface area is 151 Å². The predicted molar refractivity (Wildman–Crippen MR) is 106 cm³/mol. The fourth-order valence-electron chi connectivity index (χ4n) is 2.00. The molecule has 9 N–H and O–H groups in total. The molecule has 0 radical (unpaired) electrons. The van der Waals surface area contributed by atoms with E-state index in [9.17, 15) is 0 Å². The highest BCUT2D eigenvalue weighted by Gasteiger charge is 1.97. The molecule has 0 heterocycles. The van der Waals surface area contributed by atoms with Gasteiger partial charge in [-0.3, -0.25) is 10.8 Å². The van der Waals surface area contributed by atoms with E-state index in [1.165, 1.54) is 6.20 Å². The first kappa shape index (κ1) is 18.4. The lowest BCUT2D eigenvalue weighted by molar-refractivity contribution is 1.01. The van der Waals surface area contributed by atoms with Crippen molar-refractivity contribution in [3.63, 3.8) is 0 Å². The second-order valence-electron chi connectivity index (χ2n) is 5.28. The van der Waals surface area contributed by atoms with Crippen LogP contribution in [-0.2, 0) is 0 Å². The zero-order chi connectivity index (χ0) is 18.9. The molecule has 0 aliphatic carbocycles. The summed E-state index contributed by atoms with van der Waals surface area (Å²) in [5.74, 6) is 0.115. The van der Waals surface area contributed by atoms with E-state index in [0.717, 1.165) is 11.1 Å². The maximum atomic E-state index is 7.42. The maximum Gasteiger partial charge on any atom is 0.214 e. The molecule has 8 nitrogen and oxygen atoms in total. The molecule has 8 heteroatoms. The second-order valence-corrected chi connectivity index (χ2v) is 5.28. The summed E-state index contributed by atoms with van der Waals surface area (Å²) in [6, 6.07) is 14.3. The van der Waals surface area contributed by atoms with Crippen molar-refractivity contribution in [2.24, 2.45) is 27.3 Å². The number of aliphatic imine (C=N–C) groups is 1. The highest BCUT2D eigenvalue weighted by atomic mass is 15.3. The van der Waals surface area contributed by atoms with Crippen molar-refractivity contribution in [2.45, 2.75) is 0 Å². The first-order valence-corrected chi connectivity index (χ1v) is 7.63. The number of hydrazone groups is 1. The molecule has 0 bridgehead atoms. The number of nitrogen functional groups attached to an aromatic ring is 2. The van der Waals surface area contributed by atoms with Gasteiger partial charge < -0.3 is 17.2 Å². The third kappa shape index (κ3) is 5.60. The summed E-state index contributed by atoms with van der Waals surface area (Å²) in [5, 5.41) is 18.8. The van der Waals surface area contributed by atoms with Gasteiger partial charge in [-0.1, -0.05) is 36.4 Å². The zero-order valence-electron chi connectivity index (χ0n) is 14.0. The van der Waals surface area contributed by atoms with Gasteiger partial charge in [0, 0.05) is 17.3 Å². The predicted octanol–water partition coefficient (Wildman–Crippen LogP) is 1.16. The summed E-state index contributed by atoms with van der Waals surface area (Å²) in [7, 11) is 0. The average molecular weight is 348 g/mol. The lowest BCUT2D eigenvalue weighted by atomic mass is 10.1. The van der Waals surface area contributed by atoms with Crippen LogP contribution >= 0.6 is 0 Å². The average Bonchev–Trinajstić information content (AvgIpc) is 2.62. The van der Waals surface area contributed by atoms with Gasteiger partial charge in [0.15, 0.2) is 0 Å². The van der Waals surface area contributed by atoms with Gasteiger partial charge in [0.1, 0.15) is 11.7 Å². The van der Waals surface area contributed by atoms with E-state index in [1.807, 2.05) is 12.1 Å². The number of benzene rings is 2. The number of nitrogens with zero attached hydrogens (tertiary/aromatic N) is 2. The summed E-state index contributed by atoms with van der Waals surface area (Å²) in [5.41, 5.74) is 22.1. The van der Waals surface area contributed by atoms with Crippen LogP contribution < -0.4 is 22.6 Å². The molecule has 26 heavy (non-hydrogen) atoms. The SMILES string of the molecule is N=C(N)c1cccc(/C=C/N=C(N)N/N=C/c2cccc(C(=N)N)c2)c1. The van der Waals surface area contributed by atoms with E-state index in [2.05, 4.69) is 15.5 Å². The third-order valence-electron chi connectivity index (χ3n) is 3.27. The number of nitrogens with one attached hydrogen (secondary N) is 3. The van der Waals surface area contributed by atoms with Crippen molar-refractivity contribution in [3.05, 3.63) is 77.0 Å². The molecule has 0 aromatic heterocycles. The van der Waals surface area contributed by atoms with Gasteiger partial charge in [-0.2, -0.15) is 5.10 Å². The topological polar surface area (TPSA) is 163 Å². The number of nitrogens with two attached hydrogens (primary N) is 3. The van der Waals surface area contributed by atoms with Gasteiger partial charge in [-0.05, 0) is 29.3 Å². The Balaban J connectivity index is 1.96. The van der Waals surface area contributed by atoms with Crippen LogP contribution in [0.25, 0.3) is 6.08 Å². The molecule has 0 saturated carbocycles. The van der Waals surface area contributed by atoms with Crippen molar-refractivity contribution in [3.8, 4) is 0 Å². The second kappa shape index (κ2) is 8.78. The number of hydrogen-bond donors (Lipinski definition) is 6. The van der Waals surface area contributed by atoms with E-state index in [1.54, 1.807) is 48.7 Å². The summed E-state index contributed by atoms with van der Waals surface area (Å²) < 4.78 is 0. The van der Waals surface area contributed by atoms with Crippen molar-refractivity contribution >= 4 is 29.9 Å². The smallest absolute Gasteiger partial charge is 0.214 e. The van der Waals surface area contributed by atoms with Crippen LogP contribution in [0.3, 0.4) is 0 Å². The molecule has 2 aromatic rings. The number of guanidine groups is 1. The molecule has 0 atom stereocenters. The standard InChI is InChI=1S/C18H20N8/c19-16(20)14-5-1-3-12(9-14)7-8-24-18(23)26-25-11-13-4-2-6-15(10-13)17(21)22/h1-11H,(H3,19,20)(H3,21,22)(H3,23,24,26)/b8-7+,25-11+. The van der Waals surface area contributed by atoms with Crippen LogP contribution in [0.4, 0.5) is 0 Å². The Kier molecular flexibility index (Phi) is 6.22. The molecule has 0 amide bonds. The minimum atomic E-state index is -0.00624. The summed E-state index contributed by atoms with van der Waals surface area (Å²) in [4.78, 5) is 4.02. The summed E-state index contributed by atoms with van der Waals surface area (Å²) >= 11 is 0. The highest BCUT2D eigenvalue weighted by molar-refractivity contribution is 5.97. The Hall–Kier alpha value is -3.94. The Bertz CT molecular complexity index is 896. The van der Waals surface area contributed by atoms with Crippen LogP contribution in [0, 0.1) is 10.8 Å². The van der Waals surface area contributed by atoms with Gasteiger partial charge in [-0.25, -0.2) is 10.4 Å². The molecule has 0 saturated heterocycles. The highest BCUT2D eigenvalue weighted by Crippen LogP contribution is 2.06. The number of amidine groups is 2. The Morgan fingerprint density at radius 1 is 0.885 bits per heavy atom. The van der Waals surface area contributed by atoms with Crippen LogP contribution in [0.1, 0.15) is 22.3 Å². The first-order valence-electron chi connectivity index (χ1n) is 7.63. The molecule has 0 fully saturated rings. The largest absolute Gasteiger partial charge is 0.384 e. The number of rotatable bonds is 6. The summed E-state index contributed by atoms with van der Waals surface area (Å²) in [6.45, 7) is 0. The van der Waals surface area contributed by atoms with Crippen molar-refractivity contribution < 1.29 is 0 Å². The minimum Gasteiger partial charge on any atom is -0.384 e. The molecule has 0 aliphatic heterocycles. The fourth-order valence-corrected chi connectivity index (χ4v) is 2.00. The van der Waals surface area contributed by atoms with Crippen LogP contribution in [0.15, 0.2) is 64.8 Å². The van der Waals surface area contributed by atoms with Gasteiger partial charge in [0.25, 0.3) is 0 Å². The van der Waals surface area contributed by atoms with E-state index < -0.39 is 0 Å². The maximum absolute atomic E-state index is 7.42. The molecule has 0 spiro atoms. The van der Waals surface area contributed by atoms with Crippen molar-refractivity contribution in [2.75, 3.05) is 0 Å². The third-order valence-corrected chi connectivity index (χ3v) is 3.27. The molecule has 2 aromatic carbocycles. The van der Waals surface area contributed by atoms with E-state index >= 15 is 0 Å². The Morgan fingerprint density at radius 2 is 1.46 bits per heavy atom. The molecule has 132 valence electrons. The van der Waals surface area contributed by atoms with Gasteiger partial charge in [0.05, 0.1) is 6.21 Å². The van der Waals surface area contributed by atoms with E-state index in [0.29, 0.717) is 11.1 Å². The van der Waals surface area contributed by atoms with Crippen molar-refractivity contribution in [1.29, 1.82) is 10.8 Å². The minimum absolute atomic E-state index is 0.00624. The van der Waals surface area contributed by atoms with E-state index in [-0.39, 0.29) is 17.6 Å². The summed E-state index contributed by atoms with van der Waals surface area (Å²) in [6.07, 6.45) is 4.81. The fraction of sp³-hybridized carbons (Fsp3) is 0. The first-order chi connectivity index (χ1) is 12.5. The van der Waals surface area contributed by atoms with Gasteiger partial charge >= 0.3 is 0 Å². The molecule has 0 aliphatic rings. The quantitative estimate of drug-likeness (QED) is 0.262. The molecular weight excluding hydrogens is 328 g/mol. The van der Waals surface area contributed by atoms with Crippen LogP contribution in [0.2, 0.25) is 0 Å². The monoisotopic (exact) mass is 348 g/mol. The number of hydrogen-bond acceptors (Lipinski definition) is 4. The Morgan fingerprint density at radius 3 is 2.08 bits per heavy atom. The molecular formula is C18H20N8. The zero-order valence-corrected chi connectivity index (χ0v) is 14.0. The van der Waals surface area contributed by atoms with E-state index in [4.69, 9.17) is 28.0 Å².